The fraction of sp³-hybridized carbons (Fsp3) is 0.917. The van der Waals surface area contributed by atoms with Crippen molar-refractivity contribution >= 4 is 16.3 Å². The number of aliphatic hydroxyl groups is 5. The molecule has 0 aromatic heterocycles. The van der Waals surface area contributed by atoms with Crippen LogP contribution in [-0.2, 0) is 28.9 Å². The van der Waals surface area contributed by atoms with Gasteiger partial charge in [0.15, 0.2) is 6.29 Å². The molecule has 7 N–H and O–H groups in total. The predicted octanol–water partition coefficient (Wildman–Crippen LogP) is 4.62. The van der Waals surface area contributed by atoms with Crippen LogP contribution in [0.5, 0.6) is 0 Å². The normalized spacial score (nSPS) is 23.2. The van der Waals surface area contributed by atoms with Crippen molar-refractivity contribution in [1.82, 2.24) is 5.32 Å². The lowest BCUT2D eigenvalue weighted by molar-refractivity contribution is -0.298. The molecule has 8 atom stereocenters. The zero-order valence-electron chi connectivity index (χ0n) is 30.6. The highest BCUT2D eigenvalue weighted by Gasteiger charge is 2.48. The van der Waals surface area contributed by atoms with Gasteiger partial charge in [-0.2, -0.15) is 8.42 Å². The minimum atomic E-state index is -5.10. The van der Waals surface area contributed by atoms with Crippen LogP contribution in [-0.4, -0.2) is 107 Å². The number of allylic oxidation sites excluding steroid dienone is 1. The number of carbonyl (C=O) groups is 1. The lowest BCUT2D eigenvalue weighted by atomic mass is 9.99. The van der Waals surface area contributed by atoms with E-state index in [0.29, 0.717) is 12.8 Å². The van der Waals surface area contributed by atoms with Crippen LogP contribution in [0.3, 0.4) is 0 Å². The van der Waals surface area contributed by atoms with Crippen LogP contribution in [0.15, 0.2) is 12.2 Å². The van der Waals surface area contributed by atoms with Crippen LogP contribution in [0.2, 0.25) is 0 Å². The Kier molecular flexibility index (Phi) is 26.5. The fourth-order valence-electron chi connectivity index (χ4n) is 6.05. The van der Waals surface area contributed by atoms with Crippen molar-refractivity contribution in [2.45, 2.75) is 198 Å². The lowest BCUT2D eigenvalue weighted by Crippen LogP contribution is -2.61. The molecule has 0 bridgehead atoms. The molecule has 1 heterocycles. The highest BCUT2D eigenvalue weighted by atomic mass is 32.3. The van der Waals surface area contributed by atoms with Gasteiger partial charge in [-0.15, -0.1) is 0 Å². The molecular weight excluding hydrogens is 670 g/mol. The number of amides is 1. The van der Waals surface area contributed by atoms with E-state index in [9.17, 15) is 38.7 Å². The maximum Gasteiger partial charge on any atom is 0.397 e. The molecule has 1 aliphatic heterocycles. The Hall–Kier alpha value is -1.20. The maximum absolute atomic E-state index is 13.0. The zero-order valence-corrected chi connectivity index (χ0v) is 31.4. The van der Waals surface area contributed by atoms with Gasteiger partial charge in [-0.1, -0.05) is 142 Å². The summed E-state index contributed by atoms with van der Waals surface area (Å²) in [4.78, 5) is 13.0. The molecule has 0 saturated carbocycles. The van der Waals surface area contributed by atoms with Gasteiger partial charge < -0.3 is 40.3 Å². The van der Waals surface area contributed by atoms with Gasteiger partial charge in [0.1, 0.15) is 30.5 Å². The van der Waals surface area contributed by atoms with E-state index in [1.54, 1.807) is 6.08 Å². The largest absolute Gasteiger partial charge is 0.397 e. The van der Waals surface area contributed by atoms with Crippen LogP contribution < -0.4 is 5.32 Å². The number of carbonyl (C=O) groups excluding carboxylic acids is 1. The molecule has 1 saturated heterocycles. The van der Waals surface area contributed by atoms with Crippen molar-refractivity contribution < 1.29 is 57.0 Å². The van der Waals surface area contributed by atoms with Crippen LogP contribution in [0.1, 0.15) is 149 Å². The molecule has 13 nitrogen and oxygen atoms in total. The lowest BCUT2D eigenvalue weighted by Gasteiger charge is -2.41. The second-order valence-corrected chi connectivity index (χ2v) is 14.7. The summed E-state index contributed by atoms with van der Waals surface area (Å²) < 4.78 is 47.1. The zero-order chi connectivity index (χ0) is 37.2. The number of hydrogen-bond donors (Lipinski definition) is 7. The summed E-state index contributed by atoms with van der Waals surface area (Å²) >= 11 is 0. The highest BCUT2D eigenvalue weighted by Crippen LogP contribution is 2.26. The number of nitrogens with one attached hydrogen (secondary N) is 1. The summed E-state index contributed by atoms with van der Waals surface area (Å²) in [6.07, 6.45) is 14.9. The minimum absolute atomic E-state index is 0.246. The average Bonchev–Trinajstić information content (AvgIpc) is 3.08. The first kappa shape index (κ1) is 46.8. The smallest absolute Gasteiger partial charge is 0.394 e. The molecule has 0 spiro atoms. The number of unbranched alkanes of at least 4 members (excludes halogenated alkanes) is 18. The fourth-order valence-corrected chi connectivity index (χ4v) is 6.56. The Morgan fingerprint density at radius 2 is 1.30 bits per heavy atom. The van der Waals surface area contributed by atoms with E-state index in [1.807, 2.05) is 0 Å². The number of rotatable bonds is 31. The molecule has 50 heavy (non-hydrogen) atoms. The molecule has 1 amide bonds. The Morgan fingerprint density at radius 1 is 0.800 bits per heavy atom. The standard InChI is InChI=1S/C36H69NO12S/c1-3-5-7-9-11-12-13-14-15-16-17-19-21-23-25-30(40)35(43)37-28(29(39)24-22-20-18-10-8-6-4-2)27-47-36-33(42)34(49-50(44,45)46)32(41)31(26-38)48-36/h22,24,28-34,36,38-42H,3-21,23,25-27H2,1-2H3,(H,37,43)(H,44,45,46)/b24-22+. The van der Waals surface area contributed by atoms with E-state index in [2.05, 4.69) is 23.3 Å². The molecule has 0 aromatic carbocycles. The summed E-state index contributed by atoms with van der Waals surface area (Å²) in [7, 11) is -5.10. The molecular formula is C36H69NO12S. The van der Waals surface area contributed by atoms with Crippen molar-refractivity contribution in [2.24, 2.45) is 0 Å². The van der Waals surface area contributed by atoms with Gasteiger partial charge >= 0.3 is 10.4 Å². The Morgan fingerprint density at radius 3 is 1.80 bits per heavy atom. The Labute approximate surface area is 301 Å². The first-order valence-electron chi connectivity index (χ1n) is 19.2. The molecule has 0 aliphatic carbocycles. The van der Waals surface area contributed by atoms with Crippen molar-refractivity contribution in [2.75, 3.05) is 13.2 Å². The van der Waals surface area contributed by atoms with Gasteiger partial charge in [-0.05, 0) is 19.3 Å². The van der Waals surface area contributed by atoms with Gasteiger partial charge in [-0.3, -0.25) is 9.35 Å². The summed E-state index contributed by atoms with van der Waals surface area (Å²) in [5.41, 5.74) is 0. The topological polar surface area (TPSA) is 212 Å². The second-order valence-electron chi connectivity index (χ2n) is 13.7. The molecule has 296 valence electrons. The molecule has 1 fully saturated rings. The van der Waals surface area contributed by atoms with E-state index in [1.165, 1.54) is 70.3 Å². The number of ether oxygens (including phenoxy) is 2. The van der Waals surface area contributed by atoms with Crippen LogP contribution in [0.25, 0.3) is 0 Å². The van der Waals surface area contributed by atoms with Gasteiger partial charge in [0.25, 0.3) is 0 Å². The van der Waals surface area contributed by atoms with Crippen molar-refractivity contribution in [3.05, 3.63) is 12.2 Å². The number of hydrogen-bond acceptors (Lipinski definition) is 11. The molecule has 0 radical (unpaired) electrons. The van der Waals surface area contributed by atoms with Gasteiger partial charge in [-0.25, -0.2) is 4.18 Å². The van der Waals surface area contributed by atoms with Crippen LogP contribution in [0.4, 0.5) is 0 Å². The molecule has 0 aromatic rings. The predicted molar refractivity (Wildman–Crippen MR) is 192 cm³/mol. The SMILES string of the molecule is CCCCCCC/C=C/C(O)C(COC1OC(CO)C(O)C(OS(=O)(=O)O)C1O)NC(=O)C(O)CCCCCCCCCCCCCCCC. The third-order valence-electron chi connectivity index (χ3n) is 9.18. The van der Waals surface area contributed by atoms with Crippen LogP contribution >= 0.6 is 0 Å². The summed E-state index contributed by atoms with van der Waals surface area (Å²) in [6.45, 7) is 3.10. The maximum atomic E-state index is 13.0. The van der Waals surface area contributed by atoms with Crippen LogP contribution in [0, 0.1) is 0 Å². The first-order valence-corrected chi connectivity index (χ1v) is 20.5. The van der Waals surface area contributed by atoms with E-state index in [0.717, 1.165) is 51.4 Å². The van der Waals surface area contributed by atoms with Gasteiger partial charge in [0, 0.05) is 0 Å². The minimum Gasteiger partial charge on any atom is -0.394 e. The third-order valence-corrected chi connectivity index (χ3v) is 9.64. The Balaban J connectivity index is 2.63. The van der Waals surface area contributed by atoms with Gasteiger partial charge in [0.05, 0.1) is 25.4 Å². The van der Waals surface area contributed by atoms with Gasteiger partial charge in [0.2, 0.25) is 5.91 Å². The first-order chi connectivity index (χ1) is 23.9. The Bertz CT molecular complexity index is 984. The van der Waals surface area contributed by atoms with E-state index < -0.39 is 78.5 Å². The van der Waals surface area contributed by atoms with Crippen molar-refractivity contribution in [1.29, 1.82) is 0 Å². The molecule has 1 aliphatic rings. The van der Waals surface area contributed by atoms with E-state index >= 15 is 0 Å². The van der Waals surface area contributed by atoms with Crippen molar-refractivity contribution in [3.63, 3.8) is 0 Å². The third kappa shape index (κ3) is 21.4. The second kappa shape index (κ2) is 28.3. The quantitative estimate of drug-likeness (QED) is 0.0295. The molecule has 1 rings (SSSR count). The monoisotopic (exact) mass is 739 g/mol. The number of aliphatic hydroxyl groups excluding tert-OH is 5. The highest BCUT2D eigenvalue weighted by molar-refractivity contribution is 7.80. The van der Waals surface area contributed by atoms with E-state index in [4.69, 9.17) is 14.0 Å². The summed E-state index contributed by atoms with van der Waals surface area (Å²) in [6, 6.07) is -1.11. The van der Waals surface area contributed by atoms with E-state index in [-0.39, 0.29) is 6.42 Å². The summed E-state index contributed by atoms with van der Waals surface area (Å²) in [5, 5.41) is 54.6. The molecule has 14 heteroatoms. The average molecular weight is 740 g/mol. The molecule has 8 unspecified atom stereocenters. The van der Waals surface area contributed by atoms with Crippen molar-refractivity contribution in [3.8, 4) is 0 Å². The summed E-state index contributed by atoms with van der Waals surface area (Å²) in [5.74, 6) is -0.707.